The van der Waals surface area contributed by atoms with Gasteiger partial charge in [-0.15, -0.1) is 0 Å². The fourth-order valence-electron chi connectivity index (χ4n) is 2.77. The molecule has 6 heteroatoms. The smallest absolute Gasteiger partial charge is 0.317 e. The Balaban J connectivity index is 2.44. The summed E-state index contributed by atoms with van der Waals surface area (Å²) in [4.78, 5) is 24.8. The normalized spacial score (nSPS) is 21.7. The average Bonchev–Trinajstić information content (AvgIpc) is 2.44. The van der Waals surface area contributed by atoms with Crippen molar-refractivity contribution in [1.82, 2.24) is 10.2 Å². The number of nitrogens with zero attached hydrogens (tertiary/aromatic N) is 1. The average molecular weight is 300 g/mol. The summed E-state index contributed by atoms with van der Waals surface area (Å²) in [5.41, 5.74) is 0. The van der Waals surface area contributed by atoms with Crippen LogP contribution in [0.2, 0.25) is 0 Å². The van der Waals surface area contributed by atoms with Gasteiger partial charge in [-0.3, -0.25) is 4.79 Å². The van der Waals surface area contributed by atoms with Crippen LogP contribution in [0.5, 0.6) is 0 Å². The Morgan fingerprint density at radius 1 is 1.43 bits per heavy atom. The molecule has 0 spiro atoms. The number of carbonyl (C=O) groups is 2. The summed E-state index contributed by atoms with van der Waals surface area (Å²) in [6, 6.07) is 0.0279. The second-order valence-electron chi connectivity index (χ2n) is 6.06. The molecular formula is C15H28N2O4. The van der Waals surface area contributed by atoms with E-state index < -0.39 is 5.97 Å². The molecule has 1 saturated heterocycles. The van der Waals surface area contributed by atoms with Crippen LogP contribution in [0.3, 0.4) is 0 Å². The number of carboxylic acid groups (broad SMARTS) is 1. The number of aliphatic carboxylic acids is 1. The molecule has 3 unspecified atom stereocenters. The van der Waals surface area contributed by atoms with Gasteiger partial charge in [-0.1, -0.05) is 6.92 Å². The number of hydrogen-bond donors (Lipinski definition) is 2. The minimum absolute atomic E-state index is 0.0502. The summed E-state index contributed by atoms with van der Waals surface area (Å²) >= 11 is 0. The zero-order chi connectivity index (χ0) is 15.8. The molecule has 0 radical (unpaired) electrons. The summed E-state index contributed by atoms with van der Waals surface area (Å²) < 4.78 is 5.00. The molecule has 21 heavy (non-hydrogen) atoms. The van der Waals surface area contributed by atoms with Crippen molar-refractivity contribution in [2.24, 2.45) is 11.8 Å². The third-order valence-corrected chi connectivity index (χ3v) is 4.17. The zero-order valence-corrected chi connectivity index (χ0v) is 13.3. The number of ether oxygens (including phenoxy) is 1. The van der Waals surface area contributed by atoms with Gasteiger partial charge in [0.1, 0.15) is 0 Å². The lowest BCUT2D eigenvalue weighted by Crippen LogP contribution is -2.49. The predicted octanol–water partition coefficient (Wildman–Crippen LogP) is 1.94. The van der Waals surface area contributed by atoms with Gasteiger partial charge in [0.15, 0.2) is 0 Å². The van der Waals surface area contributed by atoms with Crippen molar-refractivity contribution in [3.63, 3.8) is 0 Å². The van der Waals surface area contributed by atoms with Crippen molar-refractivity contribution in [1.29, 1.82) is 0 Å². The SMILES string of the molecule is COCCC(C)NC(=O)N1CCCC(C(C)CC(=O)O)C1. The molecule has 1 aliphatic heterocycles. The van der Waals surface area contributed by atoms with Gasteiger partial charge in [0, 0.05) is 39.3 Å². The van der Waals surface area contributed by atoms with Crippen molar-refractivity contribution in [3.05, 3.63) is 0 Å². The molecule has 1 rings (SSSR count). The van der Waals surface area contributed by atoms with Crippen LogP contribution in [0, 0.1) is 11.8 Å². The fraction of sp³-hybridized carbons (Fsp3) is 0.867. The summed E-state index contributed by atoms with van der Waals surface area (Å²) in [5.74, 6) is -0.392. The molecule has 3 atom stereocenters. The van der Waals surface area contributed by atoms with E-state index in [1.807, 2.05) is 18.7 Å². The topological polar surface area (TPSA) is 78.9 Å². The highest BCUT2D eigenvalue weighted by Crippen LogP contribution is 2.26. The van der Waals surface area contributed by atoms with E-state index in [1.165, 1.54) is 0 Å². The molecule has 0 saturated carbocycles. The number of rotatable bonds is 7. The lowest BCUT2D eigenvalue weighted by molar-refractivity contribution is -0.138. The quantitative estimate of drug-likeness (QED) is 0.753. The van der Waals surface area contributed by atoms with E-state index in [4.69, 9.17) is 9.84 Å². The first-order valence-corrected chi connectivity index (χ1v) is 7.70. The van der Waals surface area contributed by atoms with E-state index in [2.05, 4.69) is 5.32 Å². The Morgan fingerprint density at radius 2 is 2.14 bits per heavy atom. The number of carbonyl (C=O) groups excluding carboxylic acids is 1. The molecule has 6 nitrogen and oxygen atoms in total. The molecule has 2 N–H and O–H groups in total. The molecule has 0 aromatic heterocycles. The highest BCUT2D eigenvalue weighted by molar-refractivity contribution is 5.74. The minimum atomic E-state index is -0.766. The van der Waals surface area contributed by atoms with Crippen molar-refractivity contribution in [3.8, 4) is 0 Å². The second kappa shape index (κ2) is 8.87. The number of nitrogens with one attached hydrogen (secondary N) is 1. The highest BCUT2D eigenvalue weighted by atomic mass is 16.5. The third kappa shape index (κ3) is 6.33. The van der Waals surface area contributed by atoms with Gasteiger partial charge in [0.05, 0.1) is 0 Å². The van der Waals surface area contributed by atoms with Crippen molar-refractivity contribution in [2.75, 3.05) is 26.8 Å². The van der Waals surface area contributed by atoms with Gasteiger partial charge in [-0.2, -0.15) is 0 Å². The molecule has 122 valence electrons. The van der Waals surface area contributed by atoms with E-state index in [-0.39, 0.29) is 30.3 Å². The van der Waals surface area contributed by atoms with Gasteiger partial charge in [0.2, 0.25) is 0 Å². The van der Waals surface area contributed by atoms with Crippen LogP contribution in [0.4, 0.5) is 4.79 Å². The Morgan fingerprint density at radius 3 is 2.76 bits per heavy atom. The largest absolute Gasteiger partial charge is 0.481 e. The molecule has 0 bridgehead atoms. The van der Waals surface area contributed by atoms with Gasteiger partial charge in [0.25, 0.3) is 0 Å². The zero-order valence-electron chi connectivity index (χ0n) is 13.3. The van der Waals surface area contributed by atoms with Crippen LogP contribution >= 0.6 is 0 Å². The Bertz CT molecular complexity index is 349. The van der Waals surface area contributed by atoms with Gasteiger partial charge in [-0.05, 0) is 38.0 Å². The number of methoxy groups -OCH3 is 1. The second-order valence-corrected chi connectivity index (χ2v) is 6.06. The summed E-state index contributed by atoms with van der Waals surface area (Å²) in [6.45, 7) is 5.95. The Kier molecular flexibility index (Phi) is 7.50. The Labute approximate surface area is 126 Å². The summed E-state index contributed by atoms with van der Waals surface area (Å²) in [6.07, 6.45) is 2.89. The molecule has 1 fully saturated rings. The molecule has 0 aromatic rings. The van der Waals surface area contributed by atoms with E-state index in [0.717, 1.165) is 25.8 Å². The van der Waals surface area contributed by atoms with Crippen LogP contribution in [-0.4, -0.2) is 54.9 Å². The van der Waals surface area contributed by atoms with Crippen LogP contribution in [0.25, 0.3) is 0 Å². The highest BCUT2D eigenvalue weighted by Gasteiger charge is 2.28. The molecule has 1 aliphatic rings. The number of likely N-dealkylation sites (tertiary alicyclic amines) is 1. The summed E-state index contributed by atoms with van der Waals surface area (Å²) in [7, 11) is 1.65. The lowest BCUT2D eigenvalue weighted by atomic mass is 9.85. The maximum absolute atomic E-state index is 12.2. The lowest BCUT2D eigenvalue weighted by Gasteiger charge is -2.36. The van der Waals surface area contributed by atoms with E-state index in [0.29, 0.717) is 13.2 Å². The van der Waals surface area contributed by atoms with Crippen LogP contribution in [-0.2, 0) is 9.53 Å². The van der Waals surface area contributed by atoms with Crippen LogP contribution < -0.4 is 5.32 Å². The molecule has 2 amide bonds. The maximum atomic E-state index is 12.2. The summed E-state index contributed by atoms with van der Waals surface area (Å²) in [5, 5.41) is 11.9. The van der Waals surface area contributed by atoms with E-state index in [9.17, 15) is 9.59 Å². The van der Waals surface area contributed by atoms with Gasteiger partial charge < -0.3 is 20.1 Å². The maximum Gasteiger partial charge on any atom is 0.317 e. The van der Waals surface area contributed by atoms with Crippen LogP contribution in [0.15, 0.2) is 0 Å². The monoisotopic (exact) mass is 300 g/mol. The number of amides is 2. The predicted molar refractivity (Wildman–Crippen MR) is 80.2 cm³/mol. The third-order valence-electron chi connectivity index (χ3n) is 4.17. The van der Waals surface area contributed by atoms with Crippen molar-refractivity contribution in [2.45, 2.75) is 45.6 Å². The fourth-order valence-corrected chi connectivity index (χ4v) is 2.77. The van der Waals surface area contributed by atoms with E-state index >= 15 is 0 Å². The number of piperidine rings is 1. The molecule has 0 aromatic carbocycles. The number of carboxylic acids is 1. The van der Waals surface area contributed by atoms with Crippen LogP contribution in [0.1, 0.15) is 39.5 Å². The first-order valence-electron chi connectivity index (χ1n) is 7.70. The minimum Gasteiger partial charge on any atom is -0.481 e. The number of hydrogen-bond acceptors (Lipinski definition) is 3. The molecule has 0 aliphatic carbocycles. The van der Waals surface area contributed by atoms with Gasteiger partial charge in [-0.25, -0.2) is 4.79 Å². The van der Waals surface area contributed by atoms with E-state index in [1.54, 1.807) is 7.11 Å². The van der Waals surface area contributed by atoms with Crippen molar-refractivity contribution >= 4 is 12.0 Å². The standard InChI is InChI=1S/C15H28N2O4/c1-11(9-14(18)19)13-5-4-7-17(10-13)15(20)16-12(2)6-8-21-3/h11-13H,4-10H2,1-3H3,(H,16,20)(H,18,19). The number of urea groups is 1. The van der Waals surface area contributed by atoms with Crippen molar-refractivity contribution < 1.29 is 19.4 Å². The molecule has 1 heterocycles. The van der Waals surface area contributed by atoms with Gasteiger partial charge >= 0.3 is 12.0 Å². The molecular weight excluding hydrogens is 272 g/mol. The first kappa shape index (κ1) is 17.8. The Hall–Kier alpha value is -1.30. The first-order chi connectivity index (χ1) is 9.93.